The standard InChI is InChI=1S/C8H12N6O/c1-2-8-10-7(12-15-8)5-14-4-6(3-9)11-13-14/h4H,2-3,5,9H2,1H3. The Hall–Kier alpha value is -1.76. The maximum absolute atomic E-state index is 5.42. The van der Waals surface area contributed by atoms with Crippen LogP contribution < -0.4 is 5.73 Å². The SMILES string of the molecule is CCc1nc(Cn2cc(CN)nn2)no1. The van der Waals surface area contributed by atoms with Crippen molar-refractivity contribution in [2.75, 3.05) is 0 Å². The number of aryl methyl sites for hydroxylation is 1. The molecule has 7 heteroatoms. The fourth-order valence-electron chi connectivity index (χ4n) is 1.15. The minimum atomic E-state index is 0.381. The highest BCUT2D eigenvalue weighted by atomic mass is 16.5. The fourth-order valence-corrected chi connectivity index (χ4v) is 1.15. The predicted octanol–water partition coefficient (Wildman–Crippen LogP) is -0.269. The van der Waals surface area contributed by atoms with Gasteiger partial charge < -0.3 is 10.3 Å². The van der Waals surface area contributed by atoms with E-state index < -0.39 is 0 Å². The van der Waals surface area contributed by atoms with Gasteiger partial charge in [-0.15, -0.1) is 5.10 Å². The van der Waals surface area contributed by atoms with Crippen molar-refractivity contribution in [2.45, 2.75) is 26.4 Å². The van der Waals surface area contributed by atoms with Gasteiger partial charge in [-0.3, -0.25) is 0 Å². The van der Waals surface area contributed by atoms with Gasteiger partial charge in [0.05, 0.1) is 11.9 Å². The molecule has 0 aliphatic rings. The quantitative estimate of drug-likeness (QED) is 0.743. The molecule has 0 aromatic carbocycles. The maximum Gasteiger partial charge on any atom is 0.226 e. The lowest BCUT2D eigenvalue weighted by Gasteiger charge is -1.91. The van der Waals surface area contributed by atoms with Crippen LogP contribution in [0.15, 0.2) is 10.7 Å². The second-order valence-corrected chi connectivity index (χ2v) is 3.07. The molecule has 2 aromatic rings. The molecule has 2 heterocycles. The largest absolute Gasteiger partial charge is 0.339 e. The first-order chi connectivity index (χ1) is 7.31. The molecular formula is C8H12N6O. The van der Waals surface area contributed by atoms with Crippen LogP contribution in [-0.2, 0) is 19.5 Å². The Morgan fingerprint density at radius 3 is 3.00 bits per heavy atom. The average molecular weight is 208 g/mol. The molecule has 15 heavy (non-hydrogen) atoms. The van der Waals surface area contributed by atoms with E-state index in [0.717, 1.165) is 12.1 Å². The van der Waals surface area contributed by atoms with E-state index in [2.05, 4.69) is 20.5 Å². The molecule has 80 valence electrons. The third kappa shape index (κ3) is 2.18. The Morgan fingerprint density at radius 2 is 2.40 bits per heavy atom. The van der Waals surface area contributed by atoms with Crippen LogP contribution in [0.4, 0.5) is 0 Å². The summed E-state index contributed by atoms with van der Waals surface area (Å²) in [4.78, 5) is 4.16. The summed E-state index contributed by atoms with van der Waals surface area (Å²) in [5, 5.41) is 11.6. The van der Waals surface area contributed by atoms with Crippen molar-refractivity contribution < 1.29 is 4.52 Å². The topological polar surface area (TPSA) is 95.7 Å². The van der Waals surface area contributed by atoms with Gasteiger partial charge in [-0.2, -0.15) is 4.98 Å². The van der Waals surface area contributed by atoms with Gasteiger partial charge in [0.15, 0.2) is 5.82 Å². The molecule has 0 amide bonds. The minimum absolute atomic E-state index is 0.381. The summed E-state index contributed by atoms with van der Waals surface area (Å²) in [6.45, 7) is 2.79. The van der Waals surface area contributed by atoms with Gasteiger partial charge in [-0.05, 0) is 0 Å². The van der Waals surface area contributed by atoms with Crippen molar-refractivity contribution in [3.05, 3.63) is 23.6 Å². The van der Waals surface area contributed by atoms with Crippen LogP contribution in [-0.4, -0.2) is 25.1 Å². The monoisotopic (exact) mass is 208 g/mol. The normalized spacial score (nSPS) is 10.8. The molecule has 0 radical (unpaired) electrons. The molecule has 0 atom stereocenters. The van der Waals surface area contributed by atoms with Gasteiger partial charge in [0.1, 0.15) is 6.54 Å². The first-order valence-corrected chi connectivity index (χ1v) is 4.72. The molecule has 0 saturated carbocycles. The van der Waals surface area contributed by atoms with Crippen LogP contribution in [0.2, 0.25) is 0 Å². The highest BCUT2D eigenvalue weighted by molar-refractivity contribution is 4.93. The summed E-state index contributed by atoms with van der Waals surface area (Å²) in [5.74, 6) is 1.23. The zero-order valence-corrected chi connectivity index (χ0v) is 8.42. The van der Waals surface area contributed by atoms with Crippen molar-refractivity contribution in [3.63, 3.8) is 0 Å². The number of hydrogen-bond acceptors (Lipinski definition) is 6. The molecule has 0 fully saturated rings. The first-order valence-electron chi connectivity index (χ1n) is 4.72. The Balaban J connectivity index is 2.07. The second-order valence-electron chi connectivity index (χ2n) is 3.07. The van der Waals surface area contributed by atoms with E-state index in [4.69, 9.17) is 10.3 Å². The third-order valence-corrected chi connectivity index (χ3v) is 1.91. The van der Waals surface area contributed by atoms with Crippen molar-refractivity contribution in [2.24, 2.45) is 5.73 Å². The Labute approximate surface area is 86.3 Å². The van der Waals surface area contributed by atoms with E-state index in [1.165, 1.54) is 0 Å². The van der Waals surface area contributed by atoms with Crippen LogP contribution in [0.5, 0.6) is 0 Å². The summed E-state index contributed by atoms with van der Waals surface area (Å²) >= 11 is 0. The molecule has 0 unspecified atom stereocenters. The smallest absolute Gasteiger partial charge is 0.226 e. The van der Waals surface area contributed by atoms with E-state index in [0.29, 0.717) is 24.8 Å². The zero-order valence-electron chi connectivity index (χ0n) is 8.42. The van der Waals surface area contributed by atoms with Gasteiger partial charge in [0.2, 0.25) is 5.89 Å². The van der Waals surface area contributed by atoms with E-state index >= 15 is 0 Å². The van der Waals surface area contributed by atoms with Crippen molar-refractivity contribution >= 4 is 0 Å². The van der Waals surface area contributed by atoms with Crippen LogP contribution in [0, 0.1) is 0 Å². The molecule has 0 aliphatic heterocycles. The van der Waals surface area contributed by atoms with Gasteiger partial charge in [-0.25, -0.2) is 4.68 Å². The summed E-state index contributed by atoms with van der Waals surface area (Å²) in [7, 11) is 0. The number of rotatable bonds is 4. The minimum Gasteiger partial charge on any atom is -0.339 e. The number of aromatic nitrogens is 5. The molecule has 7 nitrogen and oxygen atoms in total. The van der Waals surface area contributed by atoms with Gasteiger partial charge in [0, 0.05) is 13.0 Å². The molecule has 0 saturated heterocycles. The highest BCUT2D eigenvalue weighted by Crippen LogP contribution is 2.00. The van der Waals surface area contributed by atoms with Crippen LogP contribution in [0.3, 0.4) is 0 Å². The average Bonchev–Trinajstić information content (AvgIpc) is 2.87. The Bertz CT molecular complexity index is 394. The van der Waals surface area contributed by atoms with Gasteiger partial charge >= 0.3 is 0 Å². The van der Waals surface area contributed by atoms with Gasteiger partial charge in [-0.1, -0.05) is 17.3 Å². The maximum atomic E-state index is 5.42. The summed E-state index contributed by atoms with van der Waals surface area (Å²) in [6.07, 6.45) is 2.50. The Morgan fingerprint density at radius 1 is 1.53 bits per heavy atom. The first kappa shape index (κ1) is 9.78. The van der Waals surface area contributed by atoms with Gasteiger partial charge in [0.25, 0.3) is 0 Å². The third-order valence-electron chi connectivity index (χ3n) is 1.91. The van der Waals surface area contributed by atoms with E-state index in [1.807, 2.05) is 6.92 Å². The lowest BCUT2D eigenvalue weighted by Crippen LogP contribution is -2.02. The van der Waals surface area contributed by atoms with E-state index in [9.17, 15) is 0 Å². The molecule has 0 aliphatic carbocycles. The number of nitrogens with zero attached hydrogens (tertiary/aromatic N) is 5. The van der Waals surface area contributed by atoms with E-state index in [-0.39, 0.29) is 0 Å². The van der Waals surface area contributed by atoms with E-state index in [1.54, 1.807) is 10.9 Å². The van der Waals surface area contributed by atoms with Crippen LogP contribution in [0.25, 0.3) is 0 Å². The molecule has 2 aromatic heterocycles. The highest BCUT2D eigenvalue weighted by Gasteiger charge is 2.06. The van der Waals surface area contributed by atoms with Crippen molar-refractivity contribution in [1.29, 1.82) is 0 Å². The van der Waals surface area contributed by atoms with Crippen LogP contribution in [0.1, 0.15) is 24.3 Å². The lowest BCUT2D eigenvalue weighted by atomic mass is 10.5. The van der Waals surface area contributed by atoms with Crippen molar-refractivity contribution in [1.82, 2.24) is 25.1 Å². The molecule has 0 bridgehead atoms. The summed E-state index contributed by atoms with van der Waals surface area (Å²) < 4.78 is 6.60. The Kier molecular flexibility index (Phi) is 2.72. The molecule has 0 spiro atoms. The van der Waals surface area contributed by atoms with Crippen molar-refractivity contribution in [3.8, 4) is 0 Å². The van der Waals surface area contributed by atoms with Crippen LogP contribution >= 0.6 is 0 Å². The number of nitrogens with two attached hydrogens (primary N) is 1. The summed E-state index contributed by atoms with van der Waals surface area (Å²) in [5.41, 5.74) is 6.16. The molecule has 2 rings (SSSR count). The molecular weight excluding hydrogens is 196 g/mol. The second kappa shape index (κ2) is 4.18. The zero-order chi connectivity index (χ0) is 10.7. The summed E-state index contributed by atoms with van der Waals surface area (Å²) in [6, 6.07) is 0. The lowest BCUT2D eigenvalue weighted by molar-refractivity contribution is 0.374. The predicted molar refractivity (Wildman–Crippen MR) is 50.7 cm³/mol. The fraction of sp³-hybridized carbons (Fsp3) is 0.500. The number of hydrogen-bond donors (Lipinski definition) is 1. The molecule has 2 N–H and O–H groups in total.